The van der Waals surface area contributed by atoms with Gasteiger partial charge < -0.3 is 28.4 Å². The van der Waals surface area contributed by atoms with Crippen molar-refractivity contribution in [3.8, 4) is 0 Å². The van der Waals surface area contributed by atoms with E-state index in [-0.39, 0.29) is 33.2 Å². The van der Waals surface area contributed by atoms with Gasteiger partial charge >= 0.3 is 0 Å². The molecule has 0 saturated heterocycles. The van der Waals surface area contributed by atoms with Crippen molar-refractivity contribution < 1.29 is 28.4 Å². The molecule has 0 aliphatic carbocycles. The van der Waals surface area contributed by atoms with Gasteiger partial charge in [-0.05, 0) is 107 Å². The number of hydrogen-bond donors (Lipinski definition) is 0. The summed E-state index contributed by atoms with van der Waals surface area (Å²) in [5, 5.41) is 0. The molecule has 0 aliphatic heterocycles. The minimum atomic E-state index is -0.0208. The maximum Gasteiger partial charge on any atom is 0.0670 e. The van der Waals surface area contributed by atoms with E-state index in [1.54, 1.807) is 28.4 Å². The Labute approximate surface area is 267 Å². The second kappa shape index (κ2) is 28.2. The van der Waals surface area contributed by atoms with Gasteiger partial charge in [0.05, 0.1) is 22.4 Å². The Balaban J connectivity index is -0.0000000946. The van der Waals surface area contributed by atoms with Crippen molar-refractivity contribution in [2.45, 2.75) is 174 Å². The number of rotatable bonds is 8. The van der Waals surface area contributed by atoms with Crippen LogP contribution in [0.4, 0.5) is 0 Å². The molecule has 6 nitrogen and oxygen atoms in total. The summed E-state index contributed by atoms with van der Waals surface area (Å²) in [5.74, 6) is 0. The average molecular weight is 613 g/mol. The minimum Gasteiger partial charge on any atom is -0.385 e. The highest BCUT2D eigenvalue weighted by molar-refractivity contribution is 4.83. The average Bonchev–Trinajstić information content (AvgIpc) is 2.79. The van der Waals surface area contributed by atoms with Gasteiger partial charge in [-0.25, -0.2) is 0 Å². The Bertz CT molecular complexity index is 457. The van der Waals surface area contributed by atoms with E-state index in [0.29, 0.717) is 0 Å². The van der Waals surface area contributed by atoms with E-state index in [1.165, 1.54) is 0 Å². The third-order valence-corrected chi connectivity index (χ3v) is 6.47. The van der Waals surface area contributed by atoms with Crippen LogP contribution in [0.15, 0.2) is 0 Å². The normalized spacial score (nSPS) is 12.0. The van der Waals surface area contributed by atoms with Gasteiger partial charge in [0.1, 0.15) is 0 Å². The zero-order chi connectivity index (χ0) is 35.5. The van der Waals surface area contributed by atoms with Gasteiger partial charge in [0, 0.05) is 54.9 Å². The zero-order valence-corrected chi connectivity index (χ0v) is 33.7. The summed E-state index contributed by atoms with van der Waals surface area (Å²) in [7, 11) is 6.93. The van der Waals surface area contributed by atoms with Gasteiger partial charge in [-0.3, -0.25) is 0 Å². The topological polar surface area (TPSA) is 55.4 Å². The van der Waals surface area contributed by atoms with Crippen molar-refractivity contribution in [3.05, 3.63) is 0 Å². The Morgan fingerprint density at radius 3 is 0.643 bits per heavy atom. The lowest BCUT2D eigenvalue weighted by molar-refractivity contribution is -0.102. The van der Waals surface area contributed by atoms with Crippen LogP contribution in [-0.4, -0.2) is 77.3 Å². The lowest BCUT2D eigenvalue weighted by atomic mass is 9.79. The molecular formula is C36H84O6. The largest absolute Gasteiger partial charge is 0.385 e. The van der Waals surface area contributed by atoms with Crippen molar-refractivity contribution in [1.29, 1.82) is 0 Å². The fraction of sp³-hybridized carbons (Fsp3) is 1.00. The van der Waals surface area contributed by atoms with E-state index >= 15 is 0 Å². The van der Waals surface area contributed by atoms with E-state index in [0.717, 1.165) is 39.3 Å². The molecule has 0 unspecified atom stereocenters. The first-order chi connectivity index (χ1) is 18.6. The summed E-state index contributed by atoms with van der Waals surface area (Å²) in [6, 6.07) is 0. The smallest absolute Gasteiger partial charge is 0.0670 e. The lowest BCUT2D eigenvalue weighted by Crippen LogP contribution is -2.38. The predicted octanol–water partition coefficient (Wildman–Crippen LogP) is 10.6. The molecule has 0 aromatic carbocycles. The number of ether oxygens (including phenoxy) is 6. The molecule has 42 heavy (non-hydrogen) atoms. The van der Waals surface area contributed by atoms with Crippen LogP contribution in [0.3, 0.4) is 0 Å². The summed E-state index contributed by atoms with van der Waals surface area (Å²) >= 11 is 0. The Kier molecular flexibility index (Phi) is 36.5. The molecule has 264 valence electrons. The maximum atomic E-state index is 5.62. The van der Waals surface area contributed by atoms with Crippen LogP contribution in [0.5, 0.6) is 0 Å². The van der Waals surface area contributed by atoms with Crippen LogP contribution in [0.2, 0.25) is 0 Å². The van der Waals surface area contributed by atoms with Crippen LogP contribution < -0.4 is 0 Å². The summed E-state index contributed by atoms with van der Waals surface area (Å²) < 4.78 is 30.4. The molecule has 0 N–H and O–H groups in total. The lowest BCUT2D eigenvalue weighted by Gasteiger charge is -2.37. The molecule has 0 rings (SSSR count). The number of hydrogen-bond acceptors (Lipinski definition) is 6. The monoisotopic (exact) mass is 613 g/mol. The first kappa shape index (κ1) is 54.3. The third kappa shape index (κ3) is 46.7. The molecule has 0 aromatic heterocycles. The van der Waals surface area contributed by atoms with Gasteiger partial charge in [-0.15, -0.1) is 0 Å². The highest BCUT2D eigenvalue weighted by Crippen LogP contribution is 2.32. The van der Waals surface area contributed by atoms with Gasteiger partial charge in [0.25, 0.3) is 0 Å². The van der Waals surface area contributed by atoms with E-state index in [2.05, 4.69) is 125 Å². The zero-order valence-electron chi connectivity index (χ0n) is 33.7. The molecule has 0 fully saturated rings. The van der Waals surface area contributed by atoms with Crippen molar-refractivity contribution in [2.75, 3.05) is 54.9 Å². The van der Waals surface area contributed by atoms with Gasteiger partial charge in [-0.1, -0.05) is 55.4 Å². The first-order valence-electron chi connectivity index (χ1n) is 15.9. The standard InChI is InChI=1S/3C8H18O.3C4H10O/c2*1-7(2,3)8(4,5)9-6;1-7(2,3)9-8(4,5)6;2*1-3-4-5-2;1-3-5-4-2/h3*1-6H3;3*3-4H2,1-2H3. The molecule has 0 heterocycles. The second-order valence-corrected chi connectivity index (χ2v) is 15.0. The molecule has 0 aromatic rings. The number of methoxy groups -OCH3 is 4. The van der Waals surface area contributed by atoms with E-state index in [9.17, 15) is 0 Å². The fourth-order valence-corrected chi connectivity index (χ4v) is 2.14. The summed E-state index contributed by atoms with van der Waals surface area (Å²) in [6.45, 7) is 45.5. The highest BCUT2D eigenvalue weighted by atomic mass is 16.5. The Morgan fingerprint density at radius 1 is 0.405 bits per heavy atom. The third-order valence-electron chi connectivity index (χ3n) is 6.47. The minimum absolute atomic E-state index is 0.0156. The molecule has 0 bridgehead atoms. The summed E-state index contributed by atoms with van der Waals surface area (Å²) in [5.41, 5.74) is 0.375. The molecule has 0 saturated carbocycles. The molecule has 0 amide bonds. The molecule has 0 radical (unpaired) electrons. The van der Waals surface area contributed by atoms with Crippen molar-refractivity contribution in [3.63, 3.8) is 0 Å². The predicted molar refractivity (Wildman–Crippen MR) is 188 cm³/mol. The van der Waals surface area contributed by atoms with E-state index in [4.69, 9.17) is 28.4 Å². The maximum absolute atomic E-state index is 5.62. The first-order valence-corrected chi connectivity index (χ1v) is 15.9. The highest BCUT2D eigenvalue weighted by Gasteiger charge is 2.32. The van der Waals surface area contributed by atoms with Crippen molar-refractivity contribution >= 4 is 0 Å². The molecule has 0 atom stereocenters. The Morgan fingerprint density at radius 2 is 0.643 bits per heavy atom. The molecule has 0 aliphatic rings. The molecule has 0 spiro atoms. The van der Waals surface area contributed by atoms with Crippen LogP contribution in [0.25, 0.3) is 0 Å². The SMILES string of the molecule is CC(C)(C)OC(C)(C)C.CCCOC.CCCOC.CCOCC.COC(C)(C)C(C)(C)C.COC(C)(C)C(C)(C)C. The van der Waals surface area contributed by atoms with E-state index in [1.807, 2.05) is 13.8 Å². The van der Waals surface area contributed by atoms with Crippen LogP contribution in [0, 0.1) is 10.8 Å². The van der Waals surface area contributed by atoms with Crippen molar-refractivity contribution in [2.24, 2.45) is 10.8 Å². The summed E-state index contributed by atoms with van der Waals surface area (Å²) in [6.07, 6.45) is 2.24. The Hall–Kier alpha value is -0.240. The van der Waals surface area contributed by atoms with Gasteiger partial charge in [-0.2, -0.15) is 0 Å². The van der Waals surface area contributed by atoms with Crippen LogP contribution >= 0.6 is 0 Å². The molecular weight excluding hydrogens is 528 g/mol. The second-order valence-electron chi connectivity index (χ2n) is 15.0. The van der Waals surface area contributed by atoms with Crippen LogP contribution in [0.1, 0.15) is 151 Å². The summed E-state index contributed by atoms with van der Waals surface area (Å²) in [4.78, 5) is 0. The quantitative estimate of drug-likeness (QED) is 0.272. The molecule has 6 heteroatoms. The van der Waals surface area contributed by atoms with Crippen LogP contribution in [-0.2, 0) is 28.4 Å². The van der Waals surface area contributed by atoms with Crippen molar-refractivity contribution in [1.82, 2.24) is 0 Å². The van der Waals surface area contributed by atoms with Gasteiger partial charge in [0.2, 0.25) is 0 Å². The van der Waals surface area contributed by atoms with E-state index < -0.39 is 0 Å². The van der Waals surface area contributed by atoms with Gasteiger partial charge in [0.15, 0.2) is 0 Å². The fourth-order valence-electron chi connectivity index (χ4n) is 2.14.